The monoisotopic (exact) mass is 506 g/mol. The fourth-order valence-corrected chi connectivity index (χ4v) is 5.04. The number of carbonyl (C=O) groups excluding carboxylic acids is 2. The number of carbonyl (C=O) groups is 2. The van der Waals surface area contributed by atoms with Crippen molar-refractivity contribution in [2.75, 3.05) is 13.1 Å². The van der Waals surface area contributed by atoms with Crippen LogP contribution < -0.4 is 0 Å². The van der Waals surface area contributed by atoms with Crippen LogP contribution in [0.25, 0.3) is 6.08 Å². The minimum absolute atomic E-state index is 0.0689. The number of halogens is 3. The number of rotatable bonds is 4. The van der Waals surface area contributed by atoms with Crippen LogP contribution >= 0.6 is 24.0 Å². The van der Waals surface area contributed by atoms with Gasteiger partial charge in [0.05, 0.1) is 23.1 Å². The molecule has 2 fully saturated rings. The second-order valence-electron chi connectivity index (χ2n) is 8.11. The van der Waals surface area contributed by atoms with E-state index >= 15 is 0 Å². The highest BCUT2D eigenvalue weighted by atomic mass is 32.2. The van der Waals surface area contributed by atoms with Crippen LogP contribution in [0.2, 0.25) is 0 Å². The number of amides is 2. The van der Waals surface area contributed by atoms with Crippen molar-refractivity contribution in [3.8, 4) is 0 Å². The lowest BCUT2D eigenvalue weighted by molar-refractivity contribution is -0.137. The lowest BCUT2D eigenvalue weighted by atomic mass is 10.0. The van der Waals surface area contributed by atoms with Crippen molar-refractivity contribution in [3.63, 3.8) is 0 Å². The van der Waals surface area contributed by atoms with Crippen LogP contribution in [0.4, 0.5) is 13.2 Å². The summed E-state index contributed by atoms with van der Waals surface area (Å²) in [5, 5.41) is 9.65. The van der Waals surface area contributed by atoms with Gasteiger partial charge in [0.2, 0.25) is 0 Å². The zero-order valence-corrected chi connectivity index (χ0v) is 19.6. The number of hydrogen-bond acceptors (Lipinski definition) is 5. The number of piperidine rings is 1. The van der Waals surface area contributed by atoms with Gasteiger partial charge in [0.25, 0.3) is 11.8 Å². The summed E-state index contributed by atoms with van der Waals surface area (Å²) in [5.74, 6) is -0.464. The predicted octanol–water partition coefficient (Wildman–Crippen LogP) is 4.70. The molecule has 34 heavy (non-hydrogen) atoms. The van der Waals surface area contributed by atoms with E-state index in [2.05, 4.69) is 0 Å². The summed E-state index contributed by atoms with van der Waals surface area (Å²) in [4.78, 5) is 29.2. The lowest BCUT2D eigenvalue weighted by Gasteiger charge is -2.29. The van der Waals surface area contributed by atoms with E-state index < -0.39 is 11.7 Å². The molecule has 2 heterocycles. The molecular weight excluding hydrogens is 485 g/mol. The Morgan fingerprint density at radius 1 is 1.15 bits per heavy atom. The van der Waals surface area contributed by atoms with Crippen molar-refractivity contribution in [3.05, 3.63) is 75.7 Å². The number of aliphatic hydroxyl groups excluding tert-OH is 1. The molecule has 0 spiro atoms. The zero-order chi connectivity index (χ0) is 24.5. The Bertz CT molecular complexity index is 1140. The van der Waals surface area contributed by atoms with Crippen molar-refractivity contribution in [1.29, 1.82) is 0 Å². The van der Waals surface area contributed by atoms with E-state index in [1.165, 1.54) is 17.0 Å². The molecule has 0 aromatic heterocycles. The van der Waals surface area contributed by atoms with Crippen molar-refractivity contribution in [2.24, 2.45) is 0 Å². The highest BCUT2D eigenvalue weighted by molar-refractivity contribution is 8.26. The number of alkyl halides is 3. The molecule has 4 rings (SSSR count). The smallest absolute Gasteiger partial charge is 0.393 e. The Morgan fingerprint density at radius 3 is 2.47 bits per heavy atom. The number of thioether (sulfide) groups is 1. The van der Waals surface area contributed by atoms with Crippen molar-refractivity contribution in [2.45, 2.75) is 31.7 Å². The Morgan fingerprint density at radius 2 is 1.82 bits per heavy atom. The summed E-state index contributed by atoms with van der Waals surface area (Å²) in [6.07, 6.45) is -2.05. The van der Waals surface area contributed by atoms with E-state index in [-0.39, 0.29) is 24.5 Å². The van der Waals surface area contributed by atoms with Crippen molar-refractivity contribution < 1.29 is 27.9 Å². The molecule has 2 amide bonds. The molecule has 0 unspecified atom stereocenters. The molecule has 2 aromatic carbocycles. The predicted molar refractivity (Wildman–Crippen MR) is 128 cm³/mol. The van der Waals surface area contributed by atoms with E-state index in [0.717, 1.165) is 23.9 Å². The third-order valence-electron chi connectivity index (χ3n) is 5.68. The van der Waals surface area contributed by atoms with E-state index in [4.69, 9.17) is 12.2 Å². The summed E-state index contributed by atoms with van der Waals surface area (Å²) in [7, 11) is 0. The van der Waals surface area contributed by atoms with Crippen LogP contribution in [0.3, 0.4) is 0 Å². The summed E-state index contributed by atoms with van der Waals surface area (Å²) >= 11 is 6.43. The average Bonchev–Trinajstić information content (AvgIpc) is 3.06. The van der Waals surface area contributed by atoms with Gasteiger partial charge in [-0.15, -0.1) is 0 Å². The van der Waals surface area contributed by atoms with E-state index in [1.54, 1.807) is 35.2 Å². The van der Waals surface area contributed by atoms with Gasteiger partial charge < -0.3 is 10.0 Å². The topological polar surface area (TPSA) is 60.9 Å². The number of aliphatic hydroxyl groups is 1. The molecule has 10 heteroatoms. The van der Waals surface area contributed by atoms with E-state index in [0.29, 0.717) is 51.8 Å². The average molecular weight is 507 g/mol. The molecule has 1 N–H and O–H groups in total. The van der Waals surface area contributed by atoms with Gasteiger partial charge in [-0.25, -0.2) is 0 Å². The molecular formula is C24H21F3N2O3S2. The second-order valence-corrected chi connectivity index (χ2v) is 9.79. The van der Waals surface area contributed by atoms with Gasteiger partial charge in [-0.1, -0.05) is 48.2 Å². The molecule has 178 valence electrons. The quantitative estimate of drug-likeness (QED) is 0.481. The highest BCUT2D eigenvalue weighted by Gasteiger charge is 2.33. The number of thiocarbonyl (C=S) groups is 1. The van der Waals surface area contributed by atoms with Crippen LogP contribution in [0.1, 0.15) is 39.9 Å². The van der Waals surface area contributed by atoms with Gasteiger partial charge in [0.15, 0.2) is 0 Å². The number of hydrogen-bond donors (Lipinski definition) is 1. The first-order chi connectivity index (χ1) is 16.1. The van der Waals surface area contributed by atoms with Crippen LogP contribution in [-0.4, -0.2) is 50.2 Å². The fraction of sp³-hybridized carbons (Fsp3) is 0.292. The minimum atomic E-state index is -4.42. The van der Waals surface area contributed by atoms with Gasteiger partial charge in [-0.05, 0) is 54.3 Å². The van der Waals surface area contributed by atoms with Crippen LogP contribution in [0.15, 0.2) is 53.4 Å². The first-order valence-corrected chi connectivity index (χ1v) is 11.8. The second kappa shape index (κ2) is 9.89. The number of nitrogens with zero attached hydrogens (tertiary/aromatic N) is 2. The Hall–Kier alpha value is -2.69. The van der Waals surface area contributed by atoms with Crippen LogP contribution in [0.5, 0.6) is 0 Å². The Labute approximate surface area is 204 Å². The molecule has 5 nitrogen and oxygen atoms in total. The lowest BCUT2D eigenvalue weighted by Crippen LogP contribution is -2.40. The Balaban J connectivity index is 1.47. The first-order valence-electron chi connectivity index (χ1n) is 10.6. The fourth-order valence-electron chi connectivity index (χ4n) is 3.78. The maximum absolute atomic E-state index is 12.9. The van der Waals surface area contributed by atoms with Crippen LogP contribution in [0, 0.1) is 0 Å². The summed E-state index contributed by atoms with van der Waals surface area (Å²) in [5.41, 5.74) is 0.935. The molecule has 0 radical (unpaired) electrons. The SMILES string of the molecule is O=C(c1cccc(/C=C2\SC(=S)N(Cc3ccc(C(F)(F)F)cc3)C2=O)c1)N1CCC(O)CC1. The molecule has 2 saturated heterocycles. The molecule has 0 aliphatic carbocycles. The molecule has 2 aromatic rings. The third kappa shape index (κ3) is 5.51. The van der Waals surface area contributed by atoms with Crippen molar-refractivity contribution in [1.82, 2.24) is 9.80 Å². The summed E-state index contributed by atoms with van der Waals surface area (Å²) in [6.45, 7) is 1.05. The third-order valence-corrected chi connectivity index (χ3v) is 7.06. The van der Waals surface area contributed by atoms with Crippen LogP contribution in [-0.2, 0) is 17.5 Å². The van der Waals surface area contributed by atoms with Gasteiger partial charge in [0.1, 0.15) is 4.32 Å². The standard InChI is InChI=1S/C24H21F3N2O3S2/c25-24(26,27)18-6-4-15(5-7-18)14-29-22(32)20(34-23(29)33)13-16-2-1-3-17(12-16)21(31)28-10-8-19(30)9-11-28/h1-7,12-13,19,30H,8-11,14H2/b20-13-. The van der Waals surface area contributed by atoms with Crippen molar-refractivity contribution >= 4 is 46.2 Å². The van der Waals surface area contributed by atoms with Gasteiger partial charge in [0, 0.05) is 18.7 Å². The highest BCUT2D eigenvalue weighted by Crippen LogP contribution is 2.34. The normalized spacial score (nSPS) is 18.8. The van der Waals surface area contributed by atoms with E-state index in [1.807, 2.05) is 0 Å². The largest absolute Gasteiger partial charge is 0.416 e. The molecule has 0 saturated carbocycles. The first kappa shape index (κ1) is 24.4. The number of benzene rings is 2. The Kier molecular flexibility index (Phi) is 7.11. The molecule has 2 aliphatic rings. The molecule has 0 bridgehead atoms. The van der Waals surface area contributed by atoms with Gasteiger partial charge >= 0.3 is 6.18 Å². The maximum Gasteiger partial charge on any atom is 0.416 e. The van der Waals surface area contributed by atoms with E-state index in [9.17, 15) is 27.9 Å². The molecule has 2 aliphatic heterocycles. The zero-order valence-electron chi connectivity index (χ0n) is 17.9. The minimum Gasteiger partial charge on any atom is -0.393 e. The van der Waals surface area contributed by atoms with Gasteiger partial charge in [-0.2, -0.15) is 13.2 Å². The van der Waals surface area contributed by atoms with Gasteiger partial charge in [-0.3, -0.25) is 14.5 Å². The maximum atomic E-state index is 12.9. The molecule has 0 atom stereocenters. The number of likely N-dealkylation sites (tertiary alicyclic amines) is 1. The summed E-state index contributed by atoms with van der Waals surface area (Å²) < 4.78 is 38.6. The summed E-state index contributed by atoms with van der Waals surface area (Å²) in [6, 6.07) is 11.6.